The van der Waals surface area contributed by atoms with Gasteiger partial charge >= 0.3 is 0 Å². The van der Waals surface area contributed by atoms with Crippen LogP contribution < -0.4 is 5.32 Å². The number of benzene rings is 1. The molecule has 0 bridgehead atoms. The minimum absolute atomic E-state index is 0.377. The van der Waals surface area contributed by atoms with Crippen molar-refractivity contribution in [2.45, 2.75) is 45.9 Å². The first kappa shape index (κ1) is 15.4. The molecule has 0 saturated carbocycles. The smallest absolute Gasteiger partial charge is 0.0486 e. The average molecular weight is 267 g/mol. The highest BCUT2D eigenvalue weighted by molar-refractivity contribution is 7.84. The van der Waals surface area contributed by atoms with Gasteiger partial charge in [-0.3, -0.25) is 4.21 Å². The van der Waals surface area contributed by atoms with Gasteiger partial charge in [0.2, 0.25) is 0 Å². The molecule has 102 valence electrons. The third-order valence-electron chi connectivity index (χ3n) is 2.98. The molecule has 0 amide bonds. The minimum atomic E-state index is -0.781. The zero-order valence-electron chi connectivity index (χ0n) is 12.0. The summed E-state index contributed by atoms with van der Waals surface area (Å²) < 4.78 is 12.2. The molecule has 1 aromatic rings. The summed E-state index contributed by atoms with van der Waals surface area (Å²) in [6, 6.07) is 6.81. The van der Waals surface area contributed by atoms with Crippen LogP contribution in [0.4, 0.5) is 0 Å². The molecule has 1 aromatic carbocycles. The number of nitrogens with one attached hydrogen (secondary N) is 1. The SMILES string of the molecule is CCNC(CC)CS(=O)Cc1cc(C)cc(C)c1. The lowest BCUT2D eigenvalue weighted by molar-refractivity contribution is 0.553. The first-order valence-corrected chi connectivity index (χ1v) is 8.19. The number of hydrogen-bond acceptors (Lipinski definition) is 2. The number of aryl methyl sites for hydroxylation is 2. The van der Waals surface area contributed by atoms with Crippen molar-refractivity contribution >= 4 is 10.8 Å². The topological polar surface area (TPSA) is 29.1 Å². The Morgan fingerprint density at radius 2 is 1.78 bits per heavy atom. The molecule has 2 nitrogen and oxygen atoms in total. The van der Waals surface area contributed by atoms with E-state index >= 15 is 0 Å². The van der Waals surface area contributed by atoms with Crippen molar-refractivity contribution in [3.63, 3.8) is 0 Å². The molecule has 18 heavy (non-hydrogen) atoms. The molecule has 0 aromatic heterocycles. The summed E-state index contributed by atoms with van der Waals surface area (Å²) in [6.07, 6.45) is 1.03. The highest BCUT2D eigenvalue weighted by Gasteiger charge is 2.10. The van der Waals surface area contributed by atoms with Crippen molar-refractivity contribution in [3.8, 4) is 0 Å². The molecule has 0 aliphatic carbocycles. The second-order valence-electron chi connectivity index (χ2n) is 4.91. The zero-order valence-corrected chi connectivity index (χ0v) is 12.8. The minimum Gasteiger partial charge on any atom is -0.313 e. The largest absolute Gasteiger partial charge is 0.313 e. The summed E-state index contributed by atoms with van der Waals surface area (Å²) in [5, 5.41) is 3.38. The van der Waals surface area contributed by atoms with Crippen molar-refractivity contribution < 1.29 is 4.21 Å². The van der Waals surface area contributed by atoms with E-state index in [9.17, 15) is 4.21 Å². The monoisotopic (exact) mass is 267 g/mol. The van der Waals surface area contributed by atoms with Gasteiger partial charge in [0.05, 0.1) is 0 Å². The van der Waals surface area contributed by atoms with E-state index in [2.05, 4.69) is 51.2 Å². The summed E-state index contributed by atoms with van der Waals surface area (Å²) in [5.74, 6) is 1.42. The van der Waals surface area contributed by atoms with Gasteiger partial charge in [-0.25, -0.2) is 0 Å². The Kier molecular flexibility index (Phi) is 6.58. The fourth-order valence-corrected chi connectivity index (χ4v) is 3.69. The molecule has 0 aliphatic heterocycles. The standard InChI is InChI=1S/C15H25NOS/c1-5-15(16-6-2)11-18(17)10-14-8-12(3)7-13(4)9-14/h7-9,15-16H,5-6,10-11H2,1-4H3. The van der Waals surface area contributed by atoms with Crippen LogP contribution >= 0.6 is 0 Å². The number of hydrogen-bond donors (Lipinski definition) is 1. The summed E-state index contributed by atoms with van der Waals surface area (Å²) in [5.41, 5.74) is 3.69. The van der Waals surface area contributed by atoms with Gasteiger partial charge in [-0.1, -0.05) is 43.2 Å². The normalized spacial score (nSPS) is 14.4. The molecule has 2 atom stereocenters. The molecule has 1 N–H and O–H groups in total. The molecular formula is C15H25NOS. The fraction of sp³-hybridized carbons (Fsp3) is 0.600. The maximum absolute atomic E-state index is 12.2. The van der Waals surface area contributed by atoms with Crippen LogP contribution in [0.2, 0.25) is 0 Å². The van der Waals surface area contributed by atoms with Crippen LogP contribution in [0.25, 0.3) is 0 Å². The first-order chi connectivity index (χ1) is 8.55. The molecule has 0 spiro atoms. The van der Waals surface area contributed by atoms with E-state index in [0.29, 0.717) is 11.8 Å². The van der Waals surface area contributed by atoms with Gasteiger partial charge in [0.25, 0.3) is 0 Å². The van der Waals surface area contributed by atoms with Crippen LogP contribution in [0.1, 0.15) is 37.0 Å². The summed E-state index contributed by atoms with van der Waals surface area (Å²) in [7, 11) is -0.781. The van der Waals surface area contributed by atoms with E-state index < -0.39 is 10.8 Å². The Morgan fingerprint density at radius 3 is 2.28 bits per heavy atom. The molecule has 0 fully saturated rings. The zero-order chi connectivity index (χ0) is 13.5. The van der Waals surface area contributed by atoms with Crippen LogP contribution in [-0.4, -0.2) is 22.5 Å². The van der Waals surface area contributed by atoms with Gasteiger partial charge in [0, 0.05) is 28.3 Å². The highest BCUT2D eigenvalue weighted by Crippen LogP contribution is 2.11. The lowest BCUT2D eigenvalue weighted by Crippen LogP contribution is -2.33. The van der Waals surface area contributed by atoms with Crippen LogP contribution in [0, 0.1) is 13.8 Å². The first-order valence-electron chi connectivity index (χ1n) is 6.70. The summed E-state index contributed by atoms with van der Waals surface area (Å²) in [4.78, 5) is 0. The van der Waals surface area contributed by atoms with Gasteiger partial charge in [-0.05, 0) is 32.4 Å². The van der Waals surface area contributed by atoms with E-state index in [1.54, 1.807) is 0 Å². The Hall–Kier alpha value is -0.670. The third kappa shape index (κ3) is 5.32. The van der Waals surface area contributed by atoms with Crippen LogP contribution in [-0.2, 0) is 16.6 Å². The van der Waals surface area contributed by atoms with Crippen LogP contribution in [0.5, 0.6) is 0 Å². The van der Waals surface area contributed by atoms with E-state index in [-0.39, 0.29) is 0 Å². The average Bonchev–Trinajstić information content (AvgIpc) is 2.26. The lowest BCUT2D eigenvalue weighted by Gasteiger charge is -2.15. The summed E-state index contributed by atoms with van der Waals surface area (Å²) in [6.45, 7) is 9.36. The molecule has 0 radical (unpaired) electrons. The van der Waals surface area contributed by atoms with Crippen molar-refractivity contribution in [2.75, 3.05) is 12.3 Å². The predicted molar refractivity (Wildman–Crippen MR) is 80.4 cm³/mol. The third-order valence-corrected chi connectivity index (χ3v) is 4.41. The maximum Gasteiger partial charge on any atom is 0.0486 e. The Labute approximate surface area is 114 Å². The van der Waals surface area contributed by atoms with Crippen molar-refractivity contribution in [3.05, 3.63) is 34.9 Å². The fourth-order valence-electron chi connectivity index (χ4n) is 2.23. The Balaban J connectivity index is 2.58. The quantitative estimate of drug-likeness (QED) is 0.823. The molecule has 0 aliphatic rings. The van der Waals surface area contributed by atoms with Gasteiger partial charge < -0.3 is 5.32 Å². The van der Waals surface area contributed by atoms with Gasteiger partial charge in [0.1, 0.15) is 0 Å². The second kappa shape index (κ2) is 7.70. The Morgan fingerprint density at radius 1 is 1.17 bits per heavy atom. The van der Waals surface area contributed by atoms with E-state index in [4.69, 9.17) is 0 Å². The van der Waals surface area contributed by atoms with Gasteiger partial charge in [-0.15, -0.1) is 0 Å². The van der Waals surface area contributed by atoms with Gasteiger partial charge in [-0.2, -0.15) is 0 Å². The van der Waals surface area contributed by atoms with Crippen LogP contribution in [0.15, 0.2) is 18.2 Å². The van der Waals surface area contributed by atoms with Crippen molar-refractivity contribution in [2.24, 2.45) is 0 Å². The number of rotatable bonds is 7. The van der Waals surface area contributed by atoms with E-state index in [1.165, 1.54) is 16.7 Å². The Bertz CT molecular complexity index is 383. The molecule has 1 rings (SSSR count). The van der Waals surface area contributed by atoms with Crippen LogP contribution in [0.3, 0.4) is 0 Å². The molecule has 0 saturated heterocycles. The lowest BCUT2D eigenvalue weighted by atomic mass is 10.1. The maximum atomic E-state index is 12.2. The van der Waals surface area contributed by atoms with Gasteiger partial charge in [0.15, 0.2) is 0 Å². The highest BCUT2D eigenvalue weighted by atomic mass is 32.2. The van der Waals surface area contributed by atoms with E-state index in [1.807, 2.05) is 0 Å². The van der Waals surface area contributed by atoms with E-state index in [0.717, 1.165) is 18.7 Å². The molecule has 3 heteroatoms. The second-order valence-corrected chi connectivity index (χ2v) is 6.41. The molecular weight excluding hydrogens is 242 g/mol. The van der Waals surface area contributed by atoms with Crippen molar-refractivity contribution in [1.29, 1.82) is 0 Å². The predicted octanol–water partition coefficient (Wildman–Crippen LogP) is 2.94. The van der Waals surface area contributed by atoms with Crippen molar-refractivity contribution in [1.82, 2.24) is 5.32 Å². The summed E-state index contributed by atoms with van der Waals surface area (Å²) >= 11 is 0. The molecule has 2 unspecified atom stereocenters. The molecule has 0 heterocycles.